The molecule has 2 aliphatic heterocycles. The smallest absolute Gasteiger partial charge is 0.241 e. The van der Waals surface area contributed by atoms with Crippen LogP contribution in [0.15, 0.2) is 0 Å². The molecule has 3 amide bonds. The molecule has 2 aliphatic rings. The number of nitrogens with one attached hydrogen (secondary N) is 1. The van der Waals surface area contributed by atoms with Crippen molar-refractivity contribution in [3.8, 4) is 0 Å². The maximum Gasteiger partial charge on any atom is 0.241 e. The molecule has 0 bridgehead atoms. The van der Waals surface area contributed by atoms with Crippen LogP contribution in [0.25, 0.3) is 0 Å². The largest absolute Gasteiger partial charge is 0.354 e. The highest BCUT2D eigenvalue weighted by atomic mass is 16.2. The lowest BCUT2D eigenvalue weighted by atomic mass is 10.1. The molecular formula is C17H33N7O3. The normalized spacial score (nSPS) is 21.6. The fourth-order valence-electron chi connectivity index (χ4n) is 3.19. The van der Waals surface area contributed by atoms with Crippen LogP contribution in [0.2, 0.25) is 0 Å². The summed E-state index contributed by atoms with van der Waals surface area (Å²) in [6.45, 7) is 5.79. The van der Waals surface area contributed by atoms with Crippen LogP contribution in [0.4, 0.5) is 0 Å². The first-order chi connectivity index (χ1) is 12.8. The van der Waals surface area contributed by atoms with Gasteiger partial charge in [0, 0.05) is 58.9 Å². The zero-order valence-electron chi connectivity index (χ0n) is 16.4. The van der Waals surface area contributed by atoms with Crippen molar-refractivity contribution < 1.29 is 14.4 Å². The van der Waals surface area contributed by atoms with Gasteiger partial charge in [-0.15, -0.1) is 0 Å². The van der Waals surface area contributed by atoms with E-state index in [0.29, 0.717) is 26.2 Å². The van der Waals surface area contributed by atoms with E-state index >= 15 is 0 Å². The first-order valence-electron chi connectivity index (χ1n) is 9.50. The van der Waals surface area contributed by atoms with Crippen LogP contribution in [0.5, 0.6) is 0 Å². The molecule has 0 radical (unpaired) electrons. The molecule has 0 aromatic heterocycles. The summed E-state index contributed by atoms with van der Waals surface area (Å²) in [5, 5.41) is 2.63. The van der Waals surface area contributed by atoms with E-state index in [1.807, 2.05) is 14.1 Å². The molecule has 10 nitrogen and oxygen atoms in total. The van der Waals surface area contributed by atoms with Crippen LogP contribution in [0.3, 0.4) is 0 Å². The minimum Gasteiger partial charge on any atom is -0.354 e. The van der Waals surface area contributed by atoms with Gasteiger partial charge < -0.3 is 36.4 Å². The van der Waals surface area contributed by atoms with Gasteiger partial charge in [-0.3, -0.25) is 14.4 Å². The Morgan fingerprint density at radius 2 is 1.19 bits per heavy atom. The maximum atomic E-state index is 12.3. The Morgan fingerprint density at radius 3 is 1.63 bits per heavy atom. The lowest BCUT2D eigenvalue weighted by Crippen LogP contribution is -2.55. The minimum absolute atomic E-state index is 0.0411. The summed E-state index contributed by atoms with van der Waals surface area (Å²) in [6.07, 6.45) is -0.111. The van der Waals surface area contributed by atoms with Gasteiger partial charge in [0.1, 0.15) is 6.04 Å². The highest BCUT2D eigenvalue weighted by molar-refractivity contribution is 5.89. The van der Waals surface area contributed by atoms with E-state index in [2.05, 4.69) is 15.1 Å². The van der Waals surface area contributed by atoms with Gasteiger partial charge in [-0.25, -0.2) is 0 Å². The van der Waals surface area contributed by atoms with E-state index < -0.39 is 12.1 Å². The van der Waals surface area contributed by atoms with Gasteiger partial charge >= 0.3 is 0 Å². The zero-order valence-corrected chi connectivity index (χ0v) is 16.4. The molecule has 0 saturated carbocycles. The molecule has 2 fully saturated rings. The van der Waals surface area contributed by atoms with Gasteiger partial charge in [0.2, 0.25) is 17.7 Å². The van der Waals surface area contributed by atoms with Gasteiger partial charge in [0.25, 0.3) is 0 Å². The summed E-state index contributed by atoms with van der Waals surface area (Å²) in [5.74, 6) is -0.746. The number of likely N-dealkylation sites (N-methyl/N-ethyl adjacent to an activating group) is 2. The van der Waals surface area contributed by atoms with Crippen LogP contribution in [0, 0.1) is 0 Å². The third-order valence-electron chi connectivity index (χ3n) is 5.19. The van der Waals surface area contributed by atoms with Gasteiger partial charge in [0.05, 0.1) is 12.5 Å². The van der Waals surface area contributed by atoms with E-state index in [1.165, 1.54) is 0 Å². The molecule has 5 N–H and O–H groups in total. The van der Waals surface area contributed by atoms with E-state index in [1.54, 1.807) is 9.80 Å². The number of amides is 3. The number of nitrogens with zero attached hydrogens (tertiary/aromatic N) is 4. The predicted octanol–water partition coefficient (Wildman–Crippen LogP) is -3.30. The molecule has 0 unspecified atom stereocenters. The number of rotatable bonds is 6. The van der Waals surface area contributed by atoms with Crippen molar-refractivity contribution in [2.75, 3.05) is 73.0 Å². The van der Waals surface area contributed by atoms with Crippen molar-refractivity contribution in [3.05, 3.63) is 0 Å². The fourth-order valence-corrected chi connectivity index (χ4v) is 3.19. The van der Waals surface area contributed by atoms with Crippen molar-refractivity contribution >= 4 is 17.7 Å². The summed E-state index contributed by atoms with van der Waals surface area (Å²) in [5.41, 5.74) is 11.8. The summed E-state index contributed by atoms with van der Waals surface area (Å²) in [4.78, 5) is 44.4. The van der Waals surface area contributed by atoms with Gasteiger partial charge in [-0.05, 0) is 14.1 Å². The molecule has 0 aromatic rings. The molecule has 10 heteroatoms. The molecule has 0 spiro atoms. The third kappa shape index (κ3) is 6.42. The lowest BCUT2D eigenvalue weighted by molar-refractivity contribution is -0.137. The van der Waals surface area contributed by atoms with E-state index in [-0.39, 0.29) is 30.7 Å². The third-order valence-corrected chi connectivity index (χ3v) is 5.19. The highest BCUT2D eigenvalue weighted by Gasteiger charge is 2.27. The van der Waals surface area contributed by atoms with Crippen LogP contribution >= 0.6 is 0 Å². The quantitative estimate of drug-likeness (QED) is 0.438. The predicted molar refractivity (Wildman–Crippen MR) is 102 cm³/mol. The van der Waals surface area contributed by atoms with Crippen molar-refractivity contribution in [1.82, 2.24) is 24.9 Å². The number of hydrogen-bond donors (Lipinski definition) is 3. The van der Waals surface area contributed by atoms with Crippen molar-refractivity contribution in [1.29, 1.82) is 0 Å². The van der Waals surface area contributed by atoms with Gasteiger partial charge in [-0.2, -0.15) is 0 Å². The van der Waals surface area contributed by atoms with Crippen molar-refractivity contribution in [2.24, 2.45) is 11.5 Å². The molecular weight excluding hydrogens is 350 g/mol. The Hall–Kier alpha value is -1.75. The topological polar surface area (TPSA) is 128 Å². The average Bonchev–Trinajstić information content (AvgIpc) is 2.66. The standard InChI is InChI=1S/C17H33N7O3/c1-21-3-7-23(8-4-21)16(26)13(18)11-15(25)20-12-14(19)17(27)24-9-5-22(2)6-10-24/h13-14H,3-12,18-19H2,1-2H3,(H,20,25)/t13-,14-/m0/s1. The van der Waals surface area contributed by atoms with Crippen molar-refractivity contribution in [3.63, 3.8) is 0 Å². The second-order valence-electron chi connectivity index (χ2n) is 7.48. The Morgan fingerprint density at radius 1 is 0.778 bits per heavy atom. The molecule has 2 atom stereocenters. The van der Waals surface area contributed by atoms with Crippen molar-refractivity contribution in [2.45, 2.75) is 18.5 Å². The number of carbonyl (C=O) groups excluding carboxylic acids is 3. The second-order valence-corrected chi connectivity index (χ2v) is 7.48. The van der Waals surface area contributed by atoms with Gasteiger partial charge in [0.15, 0.2) is 0 Å². The number of hydrogen-bond acceptors (Lipinski definition) is 7. The Bertz CT molecular complexity index is 529. The van der Waals surface area contributed by atoms with Crippen LogP contribution in [-0.4, -0.2) is 122 Å². The average molecular weight is 383 g/mol. The fraction of sp³-hybridized carbons (Fsp3) is 0.824. The Kier molecular flexibility index (Phi) is 7.96. The molecule has 154 valence electrons. The first kappa shape index (κ1) is 21.5. The molecule has 2 rings (SSSR count). The highest BCUT2D eigenvalue weighted by Crippen LogP contribution is 2.04. The number of nitrogens with two attached hydrogens (primary N) is 2. The molecule has 27 heavy (non-hydrogen) atoms. The summed E-state index contributed by atoms with van der Waals surface area (Å²) in [7, 11) is 4.01. The van der Waals surface area contributed by atoms with Crippen LogP contribution in [0.1, 0.15) is 6.42 Å². The monoisotopic (exact) mass is 383 g/mol. The first-order valence-corrected chi connectivity index (χ1v) is 9.50. The summed E-state index contributed by atoms with van der Waals surface area (Å²) >= 11 is 0. The summed E-state index contributed by atoms with van der Waals surface area (Å²) in [6, 6.07) is -1.67. The van der Waals surface area contributed by atoms with Gasteiger partial charge in [-0.1, -0.05) is 0 Å². The zero-order chi connectivity index (χ0) is 20.0. The van der Waals surface area contributed by atoms with E-state index in [9.17, 15) is 14.4 Å². The molecule has 2 heterocycles. The second kappa shape index (κ2) is 9.98. The molecule has 0 aliphatic carbocycles. The summed E-state index contributed by atoms with van der Waals surface area (Å²) < 4.78 is 0. The van der Waals surface area contributed by atoms with Crippen LogP contribution < -0.4 is 16.8 Å². The number of piperazine rings is 2. The minimum atomic E-state index is -0.877. The van der Waals surface area contributed by atoms with E-state index in [0.717, 1.165) is 26.2 Å². The Labute approximate surface area is 160 Å². The Balaban J connectivity index is 1.70. The SMILES string of the molecule is CN1CCN(C(=O)[C@@H](N)CNC(=O)C[C@H](N)C(=O)N2CCN(C)CC2)CC1. The maximum absolute atomic E-state index is 12.3. The number of carbonyl (C=O) groups is 3. The van der Waals surface area contributed by atoms with E-state index in [4.69, 9.17) is 11.5 Å². The lowest BCUT2D eigenvalue weighted by Gasteiger charge is -2.34. The van der Waals surface area contributed by atoms with Crippen LogP contribution in [-0.2, 0) is 14.4 Å². The molecule has 0 aromatic carbocycles. The molecule has 2 saturated heterocycles.